The van der Waals surface area contributed by atoms with Crippen molar-refractivity contribution in [2.75, 3.05) is 19.6 Å². The van der Waals surface area contributed by atoms with Gasteiger partial charge in [0.25, 0.3) is 5.91 Å². The summed E-state index contributed by atoms with van der Waals surface area (Å²) in [6, 6.07) is 10.3. The maximum Gasteiger partial charge on any atom is 0.254 e. The molecule has 0 unspecified atom stereocenters. The average molecular weight is 379 g/mol. The summed E-state index contributed by atoms with van der Waals surface area (Å²) in [5, 5.41) is 1.99. The number of nitrogens with zero attached hydrogens (tertiary/aromatic N) is 2. The Labute approximate surface area is 152 Å². The molecule has 1 fully saturated rings. The molecule has 0 atom stereocenters. The summed E-state index contributed by atoms with van der Waals surface area (Å²) >= 11 is 1.62. The van der Waals surface area contributed by atoms with Crippen LogP contribution in [0.2, 0.25) is 0 Å². The molecule has 5 nitrogen and oxygen atoms in total. The zero-order chi connectivity index (χ0) is 17.9. The first kappa shape index (κ1) is 18.1. The Balaban J connectivity index is 1.75. The van der Waals surface area contributed by atoms with Crippen molar-refractivity contribution in [2.45, 2.75) is 31.2 Å². The summed E-state index contributed by atoms with van der Waals surface area (Å²) in [6.07, 6.45) is 1.81. The van der Waals surface area contributed by atoms with Gasteiger partial charge in [-0.05, 0) is 55.5 Å². The number of rotatable bonds is 6. The van der Waals surface area contributed by atoms with Gasteiger partial charge in [0.15, 0.2) is 0 Å². The van der Waals surface area contributed by atoms with Crippen LogP contribution in [-0.4, -0.2) is 43.2 Å². The third kappa shape index (κ3) is 3.94. The van der Waals surface area contributed by atoms with E-state index >= 15 is 0 Å². The van der Waals surface area contributed by atoms with E-state index in [0.29, 0.717) is 31.7 Å². The van der Waals surface area contributed by atoms with Gasteiger partial charge in [-0.3, -0.25) is 4.79 Å². The normalized spacial score (nSPS) is 15.4. The summed E-state index contributed by atoms with van der Waals surface area (Å²) in [4.78, 5) is 15.8. The summed E-state index contributed by atoms with van der Waals surface area (Å²) in [6.45, 7) is 4.27. The Hall–Kier alpha value is -1.70. The molecule has 0 aliphatic carbocycles. The van der Waals surface area contributed by atoms with Crippen LogP contribution in [0.5, 0.6) is 0 Å². The van der Waals surface area contributed by atoms with Gasteiger partial charge in [-0.1, -0.05) is 6.07 Å². The first-order valence-corrected chi connectivity index (χ1v) is 10.8. The maximum absolute atomic E-state index is 12.7. The first-order chi connectivity index (χ1) is 12.0. The molecule has 2 heterocycles. The maximum atomic E-state index is 12.7. The highest BCUT2D eigenvalue weighted by atomic mass is 32.2. The summed E-state index contributed by atoms with van der Waals surface area (Å²) in [5.41, 5.74) is 0.513. The summed E-state index contributed by atoms with van der Waals surface area (Å²) in [7, 11) is -3.44. The van der Waals surface area contributed by atoms with Gasteiger partial charge in [0.2, 0.25) is 10.0 Å². The van der Waals surface area contributed by atoms with E-state index in [4.69, 9.17) is 0 Å². The fraction of sp³-hybridized carbons (Fsp3) is 0.389. The van der Waals surface area contributed by atoms with Crippen LogP contribution in [0.3, 0.4) is 0 Å². The largest absolute Gasteiger partial charge is 0.334 e. The van der Waals surface area contributed by atoms with Crippen LogP contribution in [0.4, 0.5) is 0 Å². The number of amides is 1. The summed E-state index contributed by atoms with van der Waals surface area (Å²) in [5.74, 6) is -0.0824. The molecule has 1 aromatic carbocycles. The van der Waals surface area contributed by atoms with E-state index in [-0.39, 0.29) is 10.8 Å². The van der Waals surface area contributed by atoms with E-state index < -0.39 is 10.0 Å². The zero-order valence-electron chi connectivity index (χ0n) is 14.2. The van der Waals surface area contributed by atoms with Crippen LogP contribution in [0.25, 0.3) is 0 Å². The Morgan fingerprint density at radius 2 is 1.84 bits per heavy atom. The minimum absolute atomic E-state index is 0.0824. The van der Waals surface area contributed by atoms with Crippen molar-refractivity contribution < 1.29 is 13.2 Å². The SMILES string of the molecule is CCN(Cc1cccs1)C(=O)c1ccc(S(=O)(=O)N2CCCC2)cc1. The van der Waals surface area contributed by atoms with E-state index in [0.717, 1.165) is 17.7 Å². The molecule has 0 saturated carbocycles. The van der Waals surface area contributed by atoms with Crippen LogP contribution >= 0.6 is 11.3 Å². The monoisotopic (exact) mass is 378 g/mol. The van der Waals surface area contributed by atoms with Crippen molar-refractivity contribution in [3.05, 3.63) is 52.2 Å². The highest BCUT2D eigenvalue weighted by Gasteiger charge is 2.27. The molecule has 0 bridgehead atoms. The van der Waals surface area contributed by atoms with Crippen LogP contribution in [0.15, 0.2) is 46.7 Å². The predicted octanol–water partition coefficient (Wildman–Crippen LogP) is 3.19. The lowest BCUT2D eigenvalue weighted by Crippen LogP contribution is -2.30. The van der Waals surface area contributed by atoms with Gasteiger partial charge in [-0.2, -0.15) is 4.31 Å². The van der Waals surface area contributed by atoms with Gasteiger partial charge in [-0.15, -0.1) is 11.3 Å². The van der Waals surface area contributed by atoms with Crippen LogP contribution < -0.4 is 0 Å². The van der Waals surface area contributed by atoms with E-state index in [9.17, 15) is 13.2 Å². The molecule has 1 saturated heterocycles. The average Bonchev–Trinajstić information content (AvgIpc) is 3.33. The van der Waals surface area contributed by atoms with Gasteiger partial charge >= 0.3 is 0 Å². The minimum Gasteiger partial charge on any atom is -0.334 e. The molecule has 0 spiro atoms. The fourth-order valence-electron chi connectivity index (χ4n) is 2.95. The van der Waals surface area contributed by atoms with Gasteiger partial charge < -0.3 is 4.90 Å². The van der Waals surface area contributed by atoms with Gasteiger partial charge in [0.1, 0.15) is 0 Å². The van der Waals surface area contributed by atoms with Gasteiger partial charge in [-0.25, -0.2) is 8.42 Å². The third-order valence-electron chi connectivity index (χ3n) is 4.40. The fourth-order valence-corrected chi connectivity index (χ4v) is 5.18. The standard InChI is InChI=1S/C18H22N2O3S2/c1-2-19(14-16-6-5-13-24-16)18(21)15-7-9-17(10-8-15)25(22,23)20-11-3-4-12-20/h5-10,13H,2-4,11-12,14H2,1H3. The number of sulfonamides is 1. The van der Waals surface area contributed by atoms with E-state index in [1.807, 2.05) is 24.4 Å². The second-order valence-electron chi connectivity index (χ2n) is 6.03. The number of thiophene rings is 1. The quantitative estimate of drug-likeness (QED) is 0.776. The molecule has 1 aromatic heterocycles. The molecule has 134 valence electrons. The molecule has 0 radical (unpaired) electrons. The van der Waals surface area contributed by atoms with Crippen molar-refractivity contribution >= 4 is 27.3 Å². The molecule has 25 heavy (non-hydrogen) atoms. The Morgan fingerprint density at radius 1 is 1.16 bits per heavy atom. The second kappa shape index (κ2) is 7.68. The van der Waals surface area contributed by atoms with Gasteiger partial charge in [0, 0.05) is 30.1 Å². The molecule has 7 heteroatoms. The van der Waals surface area contributed by atoms with Crippen LogP contribution in [-0.2, 0) is 16.6 Å². The Bertz CT molecular complexity index is 809. The summed E-state index contributed by atoms with van der Waals surface area (Å²) < 4.78 is 26.6. The van der Waals surface area contributed by atoms with Crippen molar-refractivity contribution in [2.24, 2.45) is 0 Å². The van der Waals surface area contributed by atoms with Crippen LogP contribution in [0, 0.1) is 0 Å². The van der Waals surface area contributed by atoms with Crippen molar-refractivity contribution in [1.82, 2.24) is 9.21 Å². The van der Waals surface area contributed by atoms with Crippen molar-refractivity contribution in [1.29, 1.82) is 0 Å². The molecule has 0 N–H and O–H groups in total. The van der Waals surface area contributed by atoms with E-state index in [2.05, 4.69) is 0 Å². The Morgan fingerprint density at radius 3 is 2.40 bits per heavy atom. The molecule has 1 amide bonds. The predicted molar refractivity (Wildman–Crippen MR) is 99.2 cm³/mol. The lowest BCUT2D eigenvalue weighted by atomic mass is 10.2. The number of hydrogen-bond acceptors (Lipinski definition) is 4. The molecule has 2 aromatic rings. The topological polar surface area (TPSA) is 57.7 Å². The second-order valence-corrected chi connectivity index (χ2v) is 9.00. The highest BCUT2D eigenvalue weighted by molar-refractivity contribution is 7.89. The molecule has 1 aliphatic rings. The minimum atomic E-state index is -3.44. The lowest BCUT2D eigenvalue weighted by molar-refractivity contribution is 0.0754. The third-order valence-corrected chi connectivity index (χ3v) is 7.17. The highest BCUT2D eigenvalue weighted by Crippen LogP contribution is 2.22. The zero-order valence-corrected chi connectivity index (χ0v) is 15.9. The van der Waals surface area contributed by atoms with Crippen LogP contribution in [0.1, 0.15) is 35.0 Å². The van der Waals surface area contributed by atoms with E-state index in [1.54, 1.807) is 40.5 Å². The number of carbonyl (C=O) groups excluding carboxylic acids is 1. The van der Waals surface area contributed by atoms with Gasteiger partial charge in [0.05, 0.1) is 11.4 Å². The van der Waals surface area contributed by atoms with Crippen molar-refractivity contribution in [3.8, 4) is 0 Å². The molecule has 1 aliphatic heterocycles. The number of carbonyl (C=O) groups is 1. The van der Waals surface area contributed by atoms with E-state index in [1.165, 1.54) is 4.31 Å². The number of hydrogen-bond donors (Lipinski definition) is 0. The first-order valence-electron chi connectivity index (χ1n) is 8.44. The lowest BCUT2D eigenvalue weighted by Gasteiger charge is -2.20. The van der Waals surface area contributed by atoms with Crippen molar-refractivity contribution in [3.63, 3.8) is 0 Å². The molecule has 3 rings (SSSR count). The Kier molecular flexibility index (Phi) is 5.56. The smallest absolute Gasteiger partial charge is 0.254 e. The molecular weight excluding hydrogens is 356 g/mol. The number of benzene rings is 1. The molecular formula is C18H22N2O3S2.